The number of aryl methyl sites for hydroxylation is 1. The number of imidazole rings is 1. The van der Waals surface area contributed by atoms with Gasteiger partial charge < -0.3 is 14.4 Å². The van der Waals surface area contributed by atoms with Crippen LogP contribution in [0.1, 0.15) is 26.6 Å². The number of aliphatic carboxylic acids is 1. The first kappa shape index (κ1) is 12.7. The number of carbonyl (C=O) groups is 1. The van der Waals surface area contributed by atoms with Gasteiger partial charge in [-0.25, -0.2) is 9.78 Å². The Morgan fingerprint density at radius 3 is 2.75 bits per heavy atom. The van der Waals surface area contributed by atoms with Crippen LogP contribution in [-0.4, -0.2) is 33.8 Å². The summed E-state index contributed by atoms with van der Waals surface area (Å²) in [6.07, 6.45) is 2.61. The lowest BCUT2D eigenvalue weighted by Crippen LogP contribution is -2.43. The Hall–Kier alpha value is -1.36. The summed E-state index contributed by atoms with van der Waals surface area (Å²) in [4.78, 5) is 15.3. The molecular formula is C11H18N2O3. The Morgan fingerprint density at radius 1 is 1.69 bits per heavy atom. The van der Waals surface area contributed by atoms with Gasteiger partial charge in [0.05, 0.1) is 5.41 Å². The third-order valence-corrected chi connectivity index (χ3v) is 2.75. The SMILES string of the molecule is CCn1ccnc1C(C)(C)C(OC)C(=O)O. The lowest BCUT2D eigenvalue weighted by atomic mass is 9.85. The zero-order valence-corrected chi connectivity index (χ0v) is 10.1. The van der Waals surface area contributed by atoms with Crippen LogP contribution in [0.2, 0.25) is 0 Å². The number of rotatable bonds is 5. The molecule has 1 heterocycles. The van der Waals surface area contributed by atoms with Crippen molar-refractivity contribution in [1.82, 2.24) is 9.55 Å². The second kappa shape index (κ2) is 4.65. The van der Waals surface area contributed by atoms with Crippen LogP contribution in [0.3, 0.4) is 0 Å². The predicted molar refractivity (Wildman–Crippen MR) is 59.4 cm³/mol. The molecule has 0 aliphatic rings. The van der Waals surface area contributed by atoms with E-state index >= 15 is 0 Å². The summed E-state index contributed by atoms with van der Waals surface area (Å²) in [7, 11) is 1.40. The van der Waals surface area contributed by atoms with E-state index in [0.29, 0.717) is 0 Å². The number of aromatic nitrogens is 2. The molecule has 5 nitrogen and oxygen atoms in total. The van der Waals surface area contributed by atoms with Gasteiger partial charge in [-0.05, 0) is 20.8 Å². The van der Waals surface area contributed by atoms with Gasteiger partial charge >= 0.3 is 5.97 Å². The molecule has 0 amide bonds. The highest BCUT2D eigenvalue weighted by atomic mass is 16.5. The first-order valence-corrected chi connectivity index (χ1v) is 5.22. The molecule has 1 N–H and O–H groups in total. The van der Waals surface area contributed by atoms with Gasteiger partial charge in [0.2, 0.25) is 0 Å². The van der Waals surface area contributed by atoms with Gasteiger partial charge in [-0.3, -0.25) is 0 Å². The molecule has 0 saturated heterocycles. The van der Waals surface area contributed by atoms with E-state index in [4.69, 9.17) is 9.84 Å². The molecule has 5 heteroatoms. The van der Waals surface area contributed by atoms with Gasteiger partial charge in [-0.15, -0.1) is 0 Å². The van der Waals surface area contributed by atoms with Crippen molar-refractivity contribution in [2.45, 2.75) is 38.8 Å². The quantitative estimate of drug-likeness (QED) is 0.821. The molecule has 1 unspecified atom stereocenters. The summed E-state index contributed by atoms with van der Waals surface area (Å²) in [5.41, 5.74) is -0.667. The number of methoxy groups -OCH3 is 1. The fourth-order valence-corrected chi connectivity index (χ4v) is 1.94. The van der Waals surface area contributed by atoms with E-state index in [1.165, 1.54) is 7.11 Å². The van der Waals surface area contributed by atoms with Gasteiger partial charge in [0.25, 0.3) is 0 Å². The number of hydrogen-bond donors (Lipinski definition) is 1. The summed E-state index contributed by atoms with van der Waals surface area (Å²) in [6, 6.07) is 0. The van der Waals surface area contributed by atoms with Crippen molar-refractivity contribution in [3.63, 3.8) is 0 Å². The minimum Gasteiger partial charge on any atom is -0.479 e. The third-order valence-electron chi connectivity index (χ3n) is 2.75. The van der Waals surface area contributed by atoms with Crippen molar-refractivity contribution in [3.8, 4) is 0 Å². The Kier molecular flexibility index (Phi) is 3.70. The maximum Gasteiger partial charge on any atom is 0.333 e. The molecule has 1 atom stereocenters. The molecule has 1 rings (SSSR count). The van der Waals surface area contributed by atoms with Crippen LogP contribution in [0.15, 0.2) is 12.4 Å². The molecule has 0 aliphatic heterocycles. The predicted octanol–water partition coefficient (Wildman–Crippen LogP) is 1.28. The number of carboxylic acids is 1. The summed E-state index contributed by atoms with van der Waals surface area (Å²) < 4.78 is 6.97. The van der Waals surface area contributed by atoms with E-state index in [-0.39, 0.29) is 0 Å². The highest BCUT2D eigenvalue weighted by Gasteiger charge is 2.40. The minimum absolute atomic E-state index is 0.667. The van der Waals surface area contributed by atoms with Crippen molar-refractivity contribution in [1.29, 1.82) is 0 Å². The Morgan fingerprint density at radius 2 is 2.31 bits per heavy atom. The van der Waals surface area contributed by atoms with Crippen LogP contribution in [0.25, 0.3) is 0 Å². The number of nitrogens with zero attached hydrogens (tertiary/aromatic N) is 2. The van der Waals surface area contributed by atoms with Crippen LogP contribution < -0.4 is 0 Å². The topological polar surface area (TPSA) is 64.4 Å². The molecule has 0 spiro atoms. The molecule has 1 aromatic heterocycles. The fourth-order valence-electron chi connectivity index (χ4n) is 1.94. The minimum atomic E-state index is -0.974. The average molecular weight is 226 g/mol. The monoisotopic (exact) mass is 226 g/mol. The number of hydrogen-bond acceptors (Lipinski definition) is 3. The van der Waals surface area contributed by atoms with Crippen LogP contribution in [0.5, 0.6) is 0 Å². The van der Waals surface area contributed by atoms with Crippen molar-refractivity contribution < 1.29 is 14.6 Å². The summed E-state index contributed by atoms with van der Waals surface area (Å²) in [5.74, 6) is -0.248. The zero-order chi connectivity index (χ0) is 12.3. The van der Waals surface area contributed by atoms with E-state index in [1.54, 1.807) is 6.20 Å². The maximum atomic E-state index is 11.1. The Labute approximate surface area is 95.1 Å². The van der Waals surface area contributed by atoms with Crippen molar-refractivity contribution >= 4 is 5.97 Å². The van der Waals surface area contributed by atoms with E-state index in [2.05, 4.69) is 4.98 Å². The van der Waals surface area contributed by atoms with E-state index in [9.17, 15) is 4.79 Å². The maximum absolute atomic E-state index is 11.1. The number of carboxylic acid groups (broad SMARTS) is 1. The lowest BCUT2D eigenvalue weighted by molar-refractivity contribution is -0.152. The molecule has 16 heavy (non-hydrogen) atoms. The third kappa shape index (κ3) is 2.09. The number of ether oxygens (including phenoxy) is 1. The molecule has 0 saturated carbocycles. The summed E-state index contributed by atoms with van der Waals surface area (Å²) in [5, 5.41) is 9.11. The molecule has 0 fully saturated rings. The van der Waals surface area contributed by atoms with E-state index in [0.717, 1.165) is 12.4 Å². The second-order valence-corrected chi connectivity index (χ2v) is 4.21. The van der Waals surface area contributed by atoms with Crippen LogP contribution in [-0.2, 0) is 21.5 Å². The standard InChI is InChI=1S/C11H18N2O3/c1-5-13-7-6-12-10(13)11(2,3)8(16-4)9(14)15/h6-8H,5H2,1-4H3,(H,14,15). The van der Waals surface area contributed by atoms with Crippen molar-refractivity contribution in [2.75, 3.05) is 7.11 Å². The van der Waals surface area contributed by atoms with Gasteiger partial charge in [0, 0.05) is 26.0 Å². The van der Waals surface area contributed by atoms with Crippen molar-refractivity contribution in [3.05, 3.63) is 18.2 Å². The van der Waals surface area contributed by atoms with Crippen LogP contribution >= 0.6 is 0 Å². The van der Waals surface area contributed by atoms with E-state index in [1.807, 2.05) is 31.5 Å². The highest BCUT2D eigenvalue weighted by molar-refractivity contribution is 5.74. The molecule has 0 aromatic carbocycles. The van der Waals surface area contributed by atoms with Crippen LogP contribution in [0, 0.1) is 0 Å². The highest BCUT2D eigenvalue weighted by Crippen LogP contribution is 2.27. The average Bonchev–Trinajstić information content (AvgIpc) is 2.65. The normalized spacial score (nSPS) is 13.8. The molecule has 0 aliphatic carbocycles. The molecule has 90 valence electrons. The van der Waals surface area contributed by atoms with Crippen LogP contribution in [0.4, 0.5) is 0 Å². The Bertz CT molecular complexity index is 371. The largest absolute Gasteiger partial charge is 0.479 e. The molecule has 1 aromatic rings. The molecule has 0 bridgehead atoms. The summed E-state index contributed by atoms with van der Waals surface area (Å²) in [6.45, 7) is 6.40. The Balaban J connectivity index is 3.13. The molecule has 0 radical (unpaired) electrons. The first-order chi connectivity index (χ1) is 7.45. The second-order valence-electron chi connectivity index (χ2n) is 4.21. The lowest BCUT2D eigenvalue weighted by Gasteiger charge is -2.30. The van der Waals surface area contributed by atoms with Gasteiger partial charge in [-0.2, -0.15) is 0 Å². The molecular weight excluding hydrogens is 208 g/mol. The van der Waals surface area contributed by atoms with Gasteiger partial charge in [-0.1, -0.05) is 0 Å². The van der Waals surface area contributed by atoms with Gasteiger partial charge in [0.1, 0.15) is 5.82 Å². The summed E-state index contributed by atoms with van der Waals surface area (Å²) >= 11 is 0. The first-order valence-electron chi connectivity index (χ1n) is 5.22. The smallest absolute Gasteiger partial charge is 0.333 e. The van der Waals surface area contributed by atoms with E-state index < -0.39 is 17.5 Å². The fraction of sp³-hybridized carbons (Fsp3) is 0.636. The van der Waals surface area contributed by atoms with Crippen molar-refractivity contribution in [2.24, 2.45) is 0 Å². The van der Waals surface area contributed by atoms with Gasteiger partial charge in [0.15, 0.2) is 6.10 Å². The zero-order valence-electron chi connectivity index (χ0n) is 10.1.